The van der Waals surface area contributed by atoms with Crippen LogP contribution in [0.2, 0.25) is 5.02 Å². The van der Waals surface area contributed by atoms with Crippen molar-refractivity contribution in [3.63, 3.8) is 0 Å². The number of hydrogen-bond acceptors (Lipinski definition) is 9. The summed E-state index contributed by atoms with van der Waals surface area (Å²) in [6.07, 6.45) is -0.758. The Bertz CT molecular complexity index is 1870. The van der Waals surface area contributed by atoms with Crippen LogP contribution in [0, 0.1) is 5.92 Å². The number of piperidine rings is 1. The number of aromatic amines is 2. The summed E-state index contributed by atoms with van der Waals surface area (Å²) in [5.74, 6) is -0.995. The van der Waals surface area contributed by atoms with Gasteiger partial charge in [0.25, 0.3) is 18.3 Å². The maximum absolute atomic E-state index is 13.8. The number of H-pyrrole nitrogens is 2. The predicted molar refractivity (Wildman–Crippen MR) is 178 cm³/mol. The van der Waals surface area contributed by atoms with E-state index in [-0.39, 0.29) is 64.2 Å². The molecule has 3 amide bonds. The number of benzene rings is 1. The number of rotatable bonds is 7. The van der Waals surface area contributed by atoms with Crippen LogP contribution in [0.1, 0.15) is 45.1 Å². The van der Waals surface area contributed by atoms with Gasteiger partial charge in [0.2, 0.25) is 5.91 Å². The fraction of sp³-hybridized carbons (Fsp3) is 0.344. The second-order valence-electron chi connectivity index (χ2n) is 11.7. The Morgan fingerprint density at radius 3 is 2.35 bits per heavy atom. The Balaban J connectivity index is 0.00000162. The number of aromatic nitrogens is 5. The van der Waals surface area contributed by atoms with E-state index in [4.69, 9.17) is 27.2 Å². The van der Waals surface area contributed by atoms with Crippen molar-refractivity contribution in [1.82, 2.24) is 45.6 Å². The van der Waals surface area contributed by atoms with Crippen LogP contribution in [0.4, 0.5) is 18.9 Å². The minimum Gasteiger partial charge on any atom is -0.483 e. The van der Waals surface area contributed by atoms with Crippen molar-refractivity contribution in [2.75, 3.05) is 45.0 Å². The molecule has 6 rings (SSSR count). The number of halogens is 4. The molecule has 2 aliphatic rings. The van der Waals surface area contributed by atoms with E-state index in [9.17, 15) is 27.6 Å². The summed E-state index contributed by atoms with van der Waals surface area (Å²) in [4.78, 5) is 61.6. The number of carbonyl (C=O) groups is 4. The highest BCUT2D eigenvalue weighted by molar-refractivity contribution is 6.33. The fourth-order valence-electron chi connectivity index (χ4n) is 5.85. The molecule has 7 N–H and O–H groups in total. The van der Waals surface area contributed by atoms with E-state index < -0.39 is 17.8 Å². The average molecular weight is 731 g/mol. The highest BCUT2D eigenvalue weighted by Gasteiger charge is 2.39. The van der Waals surface area contributed by atoms with Crippen LogP contribution in [0.25, 0.3) is 22.6 Å². The summed E-state index contributed by atoms with van der Waals surface area (Å²) in [6, 6.07) is 7.72. The van der Waals surface area contributed by atoms with Gasteiger partial charge in [-0.2, -0.15) is 18.3 Å². The Morgan fingerprint density at radius 2 is 1.73 bits per heavy atom. The van der Waals surface area contributed by atoms with E-state index >= 15 is 0 Å². The molecule has 3 aromatic heterocycles. The molecule has 2 saturated heterocycles. The summed E-state index contributed by atoms with van der Waals surface area (Å²) in [5, 5.41) is 18.8. The molecule has 5 heterocycles. The number of piperazine rings is 1. The van der Waals surface area contributed by atoms with Gasteiger partial charge in [-0.3, -0.25) is 29.3 Å². The zero-order valence-electron chi connectivity index (χ0n) is 27.0. The summed E-state index contributed by atoms with van der Waals surface area (Å²) in [7, 11) is 0. The minimum absolute atomic E-state index is 0.000643. The number of carbonyl (C=O) groups excluding carboxylic acids is 3. The first-order valence-electron chi connectivity index (χ1n) is 15.8. The third kappa shape index (κ3) is 8.64. The topological polar surface area (TPSA) is 215 Å². The Kier molecular flexibility index (Phi) is 11.6. The smallest absolute Gasteiger partial charge is 0.435 e. The molecule has 0 spiro atoms. The monoisotopic (exact) mass is 730 g/mol. The molecule has 0 atom stereocenters. The number of alkyl halides is 3. The molecule has 2 aliphatic heterocycles. The van der Waals surface area contributed by atoms with E-state index in [0.717, 1.165) is 32.1 Å². The Morgan fingerprint density at radius 1 is 1.04 bits per heavy atom. The molecule has 19 heteroatoms. The van der Waals surface area contributed by atoms with Gasteiger partial charge >= 0.3 is 6.18 Å². The zero-order chi connectivity index (χ0) is 36.7. The first kappa shape index (κ1) is 36.8. The maximum Gasteiger partial charge on any atom is 0.435 e. The Hall–Kier alpha value is -5.49. The molecule has 0 aliphatic carbocycles. The lowest BCUT2D eigenvalue weighted by Crippen LogP contribution is -2.52. The third-order valence-corrected chi connectivity index (χ3v) is 8.73. The van der Waals surface area contributed by atoms with Crippen LogP contribution in [-0.2, 0) is 22.3 Å². The minimum atomic E-state index is -4.81. The lowest BCUT2D eigenvalue weighted by Gasteiger charge is -2.37. The summed E-state index contributed by atoms with van der Waals surface area (Å²) < 4.78 is 41.5. The lowest BCUT2D eigenvalue weighted by atomic mass is 9.96. The quantitative estimate of drug-likeness (QED) is 0.153. The summed E-state index contributed by atoms with van der Waals surface area (Å²) in [6.45, 7) is 3.14. The first-order chi connectivity index (χ1) is 24.4. The summed E-state index contributed by atoms with van der Waals surface area (Å²) in [5.41, 5.74) is 5.34. The number of imidazole rings is 1. The lowest BCUT2D eigenvalue weighted by molar-refractivity contribution is -0.140. The Labute approximate surface area is 293 Å². The highest BCUT2D eigenvalue weighted by Crippen LogP contribution is 2.40. The first-order valence-corrected chi connectivity index (χ1v) is 16.1. The van der Waals surface area contributed by atoms with Crippen molar-refractivity contribution < 1.29 is 37.5 Å². The van der Waals surface area contributed by atoms with Gasteiger partial charge in [-0.05, 0) is 55.8 Å². The molecule has 0 saturated carbocycles. The zero-order valence-corrected chi connectivity index (χ0v) is 27.7. The average Bonchev–Trinajstić information content (AvgIpc) is 3.80. The molecule has 0 bridgehead atoms. The van der Waals surface area contributed by atoms with E-state index in [1.54, 1.807) is 23.1 Å². The number of nitrogens with zero attached hydrogens (tertiary/aromatic N) is 5. The van der Waals surface area contributed by atoms with Gasteiger partial charge in [-0.25, -0.2) is 4.98 Å². The molecule has 270 valence electrons. The molecular weight excluding hydrogens is 697 g/mol. The van der Waals surface area contributed by atoms with Gasteiger partial charge in [0, 0.05) is 38.6 Å². The van der Waals surface area contributed by atoms with Crippen molar-refractivity contribution in [2.45, 2.75) is 25.6 Å². The van der Waals surface area contributed by atoms with Crippen LogP contribution in [-0.4, -0.2) is 104 Å². The predicted octanol–water partition coefficient (Wildman–Crippen LogP) is 3.03. The normalized spacial score (nSPS) is 15.1. The van der Waals surface area contributed by atoms with Crippen LogP contribution in [0.5, 0.6) is 0 Å². The van der Waals surface area contributed by atoms with Crippen LogP contribution >= 0.6 is 11.6 Å². The van der Waals surface area contributed by atoms with Gasteiger partial charge in [0.05, 0.1) is 51.3 Å². The molecular formula is C32H34ClF3N10O5. The maximum atomic E-state index is 13.8. The fourth-order valence-corrected chi connectivity index (χ4v) is 6.13. The van der Waals surface area contributed by atoms with Crippen molar-refractivity contribution in [2.24, 2.45) is 5.92 Å². The highest BCUT2D eigenvalue weighted by atomic mass is 35.5. The van der Waals surface area contributed by atoms with Crippen molar-refractivity contribution in [3.8, 4) is 22.6 Å². The van der Waals surface area contributed by atoms with Crippen LogP contribution < -0.4 is 16.4 Å². The van der Waals surface area contributed by atoms with Gasteiger partial charge in [-0.15, -0.1) is 0 Å². The number of anilines is 1. The molecule has 2 fully saturated rings. The number of hydrogen-bond donors (Lipinski definition) is 6. The van der Waals surface area contributed by atoms with E-state index in [2.05, 4.69) is 35.8 Å². The number of nitrogen functional groups attached to an aromatic ring is 1. The largest absolute Gasteiger partial charge is 0.483 e. The van der Waals surface area contributed by atoms with Gasteiger partial charge in [0.1, 0.15) is 0 Å². The molecule has 51 heavy (non-hydrogen) atoms. The molecule has 0 radical (unpaired) electrons. The van der Waals surface area contributed by atoms with Crippen molar-refractivity contribution in [3.05, 3.63) is 70.4 Å². The number of nitrogens with two attached hydrogens (primary N) is 1. The second-order valence-corrected chi connectivity index (χ2v) is 12.1. The van der Waals surface area contributed by atoms with Gasteiger partial charge in [0.15, 0.2) is 11.5 Å². The molecule has 0 unspecified atom stereocenters. The SMILES string of the molecule is Nc1ccc(-c2[nH]nc(C(F)(F)F)c2-c2cnc(C(=O)NCc3ccc(C(=O)N4CCN(C(=O)C5CCNCC5)CC4)c(Cl)c3)[nH]2)nc1.O=CO. The number of nitrogens with one attached hydrogen (secondary N) is 4. The molecule has 15 nitrogen and oxygen atoms in total. The van der Waals surface area contributed by atoms with Gasteiger partial charge < -0.3 is 36.3 Å². The van der Waals surface area contributed by atoms with E-state index in [0.29, 0.717) is 43.0 Å². The van der Waals surface area contributed by atoms with Crippen molar-refractivity contribution in [1.29, 1.82) is 0 Å². The van der Waals surface area contributed by atoms with Crippen molar-refractivity contribution >= 4 is 41.5 Å². The summed E-state index contributed by atoms with van der Waals surface area (Å²) >= 11 is 6.48. The number of carboxylic acid groups (broad SMARTS) is 1. The molecule has 4 aromatic rings. The van der Waals surface area contributed by atoms with Crippen LogP contribution in [0.15, 0.2) is 42.7 Å². The van der Waals surface area contributed by atoms with E-state index in [1.807, 2.05) is 4.90 Å². The van der Waals surface area contributed by atoms with Crippen LogP contribution in [0.3, 0.4) is 0 Å². The number of amides is 3. The second kappa shape index (κ2) is 16.0. The molecule has 1 aromatic carbocycles. The van der Waals surface area contributed by atoms with E-state index in [1.165, 1.54) is 18.3 Å². The van der Waals surface area contributed by atoms with Gasteiger partial charge in [-0.1, -0.05) is 17.7 Å². The number of pyridine rings is 1. The third-order valence-electron chi connectivity index (χ3n) is 8.42. The standard InChI is InChI=1S/C31H32ClF3N10O3.CH2O2/c32-21-13-17(1-3-20(21)30(48)45-11-9-44(10-12-45)29(47)18-5-7-37-8-6-18)14-40-28(46)27-39-16-23(41-27)24-25(22-4-2-19(36)15-38-22)42-43-26(24)31(33,34)35;2-1-3/h1-4,13,15-16,18,37H,5-12,14,36H2,(H,39,41)(H,40,46)(H,42,43);1H,(H,2,3).